The van der Waals surface area contributed by atoms with Crippen molar-refractivity contribution in [2.45, 2.75) is 37.9 Å². The summed E-state index contributed by atoms with van der Waals surface area (Å²) in [5.74, 6) is 2.04. The summed E-state index contributed by atoms with van der Waals surface area (Å²) >= 11 is 0. The van der Waals surface area contributed by atoms with Crippen molar-refractivity contribution in [3.05, 3.63) is 60.2 Å². The number of amides is 2. The number of nitrogens with one attached hydrogen (secondary N) is 1. The second-order valence-electron chi connectivity index (χ2n) is 7.29. The molecule has 30 heavy (non-hydrogen) atoms. The van der Waals surface area contributed by atoms with Crippen LogP contribution in [-0.2, 0) is 16.1 Å². The third-order valence-electron chi connectivity index (χ3n) is 4.86. The monoisotopic (exact) mass is 403 g/mol. The Morgan fingerprint density at radius 1 is 1.10 bits per heavy atom. The number of nitrogens with two attached hydrogens (primary N) is 1. The summed E-state index contributed by atoms with van der Waals surface area (Å²) in [5.41, 5.74) is 7.48. The molecule has 2 aromatic rings. The van der Waals surface area contributed by atoms with Crippen LogP contribution in [-0.4, -0.2) is 24.0 Å². The first kappa shape index (κ1) is 21.1. The van der Waals surface area contributed by atoms with E-state index in [1.807, 2.05) is 59.5 Å². The Morgan fingerprint density at radius 2 is 1.87 bits per heavy atom. The van der Waals surface area contributed by atoms with E-state index in [2.05, 4.69) is 21.5 Å². The van der Waals surface area contributed by atoms with Crippen molar-refractivity contribution in [2.75, 3.05) is 16.8 Å². The molecule has 2 amide bonds. The highest BCUT2D eigenvalue weighted by atomic mass is 16.2. The number of hydrogen-bond donors (Lipinski definition) is 2. The maximum Gasteiger partial charge on any atom is 0.236 e. The van der Waals surface area contributed by atoms with Crippen molar-refractivity contribution in [3.8, 4) is 12.3 Å². The standard InChI is InChI=1S/C23H25N5O2/c1-2-3-13-23(26-27-23)14-12-22(30)25-19-10-7-11-20(15-19)28(17-21(24)29)16-18-8-5-4-6-9-18/h1,4-11,15H,3,12-14,16-17H2,(H2,24,29)(H,25,30). The maximum atomic E-state index is 12.4. The Hall–Kier alpha value is -3.66. The minimum Gasteiger partial charge on any atom is -0.368 e. The predicted octanol–water partition coefficient (Wildman–Crippen LogP) is 3.47. The number of anilines is 2. The van der Waals surface area contributed by atoms with Crippen LogP contribution >= 0.6 is 0 Å². The highest BCUT2D eigenvalue weighted by Crippen LogP contribution is 2.37. The van der Waals surface area contributed by atoms with E-state index in [0.717, 1.165) is 11.3 Å². The van der Waals surface area contributed by atoms with Crippen LogP contribution in [0.2, 0.25) is 0 Å². The first-order valence-corrected chi connectivity index (χ1v) is 9.84. The topological polar surface area (TPSA) is 100 Å². The second kappa shape index (κ2) is 9.70. The van der Waals surface area contributed by atoms with E-state index >= 15 is 0 Å². The van der Waals surface area contributed by atoms with Gasteiger partial charge in [0.05, 0.1) is 6.54 Å². The van der Waals surface area contributed by atoms with Crippen molar-refractivity contribution in [2.24, 2.45) is 16.0 Å². The minimum absolute atomic E-state index is 0.0764. The zero-order chi connectivity index (χ0) is 21.4. The number of benzene rings is 2. The van der Waals surface area contributed by atoms with E-state index in [1.165, 1.54) is 0 Å². The van der Waals surface area contributed by atoms with Crippen molar-refractivity contribution in [1.29, 1.82) is 0 Å². The summed E-state index contributed by atoms with van der Waals surface area (Å²) in [6.07, 6.45) is 7.40. The second-order valence-corrected chi connectivity index (χ2v) is 7.29. The Kier molecular flexibility index (Phi) is 6.81. The number of primary amides is 1. The Bertz CT molecular complexity index is 959. The van der Waals surface area contributed by atoms with Crippen LogP contribution in [0.5, 0.6) is 0 Å². The average molecular weight is 403 g/mol. The highest BCUT2D eigenvalue weighted by Gasteiger charge is 2.39. The maximum absolute atomic E-state index is 12.4. The van der Waals surface area contributed by atoms with Gasteiger partial charge in [-0.1, -0.05) is 36.4 Å². The molecule has 0 aromatic heterocycles. The molecule has 7 heteroatoms. The number of rotatable bonds is 11. The smallest absolute Gasteiger partial charge is 0.236 e. The van der Waals surface area contributed by atoms with E-state index in [0.29, 0.717) is 37.9 Å². The van der Waals surface area contributed by atoms with Gasteiger partial charge < -0.3 is 16.0 Å². The van der Waals surface area contributed by atoms with Crippen LogP contribution < -0.4 is 16.0 Å². The molecule has 0 bridgehead atoms. The molecule has 0 saturated heterocycles. The van der Waals surface area contributed by atoms with E-state index in [-0.39, 0.29) is 12.5 Å². The molecular weight excluding hydrogens is 378 g/mol. The van der Waals surface area contributed by atoms with Gasteiger partial charge in [-0.3, -0.25) is 9.59 Å². The summed E-state index contributed by atoms with van der Waals surface area (Å²) < 4.78 is 0. The lowest BCUT2D eigenvalue weighted by molar-refractivity contribution is -0.117. The molecule has 0 atom stereocenters. The van der Waals surface area contributed by atoms with Gasteiger partial charge in [0.1, 0.15) is 0 Å². The van der Waals surface area contributed by atoms with Gasteiger partial charge in [0.25, 0.3) is 0 Å². The number of nitrogens with zero attached hydrogens (tertiary/aromatic N) is 3. The van der Waals surface area contributed by atoms with Crippen LogP contribution in [0.4, 0.5) is 11.4 Å². The number of carbonyl (C=O) groups excluding carboxylic acids is 2. The fourth-order valence-electron chi connectivity index (χ4n) is 3.22. The summed E-state index contributed by atoms with van der Waals surface area (Å²) in [6.45, 7) is 0.606. The molecule has 0 radical (unpaired) electrons. The average Bonchev–Trinajstić information content (AvgIpc) is 3.51. The minimum atomic E-state index is -0.473. The van der Waals surface area contributed by atoms with Crippen molar-refractivity contribution >= 4 is 23.2 Å². The van der Waals surface area contributed by atoms with Crippen molar-refractivity contribution < 1.29 is 9.59 Å². The van der Waals surface area contributed by atoms with Crippen molar-refractivity contribution in [1.82, 2.24) is 0 Å². The van der Waals surface area contributed by atoms with Gasteiger partial charge >= 0.3 is 0 Å². The molecular formula is C23H25N5O2. The van der Waals surface area contributed by atoms with E-state index in [9.17, 15) is 9.59 Å². The number of hydrogen-bond acceptors (Lipinski definition) is 5. The fourth-order valence-corrected chi connectivity index (χ4v) is 3.22. The molecule has 1 aliphatic heterocycles. The zero-order valence-corrected chi connectivity index (χ0v) is 16.8. The first-order chi connectivity index (χ1) is 14.5. The molecule has 3 rings (SSSR count). The van der Waals surface area contributed by atoms with Crippen LogP contribution in [0, 0.1) is 12.3 Å². The van der Waals surface area contributed by atoms with Gasteiger partial charge in [0.15, 0.2) is 5.66 Å². The largest absolute Gasteiger partial charge is 0.368 e. The molecule has 0 saturated carbocycles. The highest BCUT2D eigenvalue weighted by molar-refractivity contribution is 5.91. The molecule has 7 nitrogen and oxygen atoms in total. The number of terminal acetylenes is 1. The molecule has 0 unspecified atom stereocenters. The quantitative estimate of drug-likeness (QED) is 0.562. The molecule has 0 fully saturated rings. The van der Waals surface area contributed by atoms with Gasteiger partial charge in [0, 0.05) is 43.6 Å². The third-order valence-corrected chi connectivity index (χ3v) is 4.86. The lowest BCUT2D eigenvalue weighted by atomic mass is 10.0. The predicted molar refractivity (Wildman–Crippen MR) is 117 cm³/mol. The van der Waals surface area contributed by atoms with E-state index < -0.39 is 11.6 Å². The van der Waals surface area contributed by atoms with Gasteiger partial charge in [-0.05, 0) is 23.8 Å². The number of carbonyl (C=O) groups is 2. The Balaban J connectivity index is 1.62. The molecule has 154 valence electrons. The molecule has 1 heterocycles. The van der Waals surface area contributed by atoms with Gasteiger partial charge in [-0.2, -0.15) is 10.2 Å². The molecule has 0 spiro atoms. The Labute approximate surface area is 176 Å². The van der Waals surface area contributed by atoms with Crippen LogP contribution in [0.15, 0.2) is 64.8 Å². The summed E-state index contributed by atoms with van der Waals surface area (Å²) in [7, 11) is 0. The normalized spacial score (nSPS) is 13.3. The van der Waals surface area contributed by atoms with Gasteiger partial charge in [-0.25, -0.2) is 0 Å². The SMILES string of the molecule is C#CCCC1(CCC(=O)Nc2cccc(N(CC(N)=O)Cc3ccccc3)c2)N=N1. The van der Waals surface area contributed by atoms with E-state index in [4.69, 9.17) is 12.2 Å². The van der Waals surface area contributed by atoms with E-state index in [1.54, 1.807) is 0 Å². The van der Waals surface area contributed by atoms with Gasteiger partial charge in [0.2, 0.25) is 11.8 Å². The first-order valence-electron chi connectivity index (χ1n) is 9.84. The lowest BCUT2D eigenvalue weighted by Crippen LogP contribution is -2.33. The zero-order valence-electron chi connectivity index (χ0n) is 16.8. The van der Waals surface area contributed by atoms with Crippen LogP contribution in [0.25, 0.3) is 0 Å². The fraction of sp³-hybridized carbons (Fsp3) is 0.304. The summed E-state index contributed by atoms with van der Waals surface area (Å²) in [4.78, 5) is 25.8. The van der Waals surface area contributed by atoms with Crippen molar-refractivity contribution in [3.63, 3.8) is 0 Å². The summed E-state index contributed by atoms with van der Waals surface area (Å²) in [6, 6.07) is 17.2. The molecule has 2 aromatic carbocycles. The molecule has 0 aliphatic carbocycles. The lowest BCUT2D eigenvalue weighted by Gasteiger charge is -2.24. The third kappa shape index (κ3) is 6.17. The van der Waals surface area contributed by atoms with Crippen LogP contribution in [0.1, 0.15) is 31.2 Å². The van der Waals surface area contributed by atoms with Gasteiger partial charge in [-0.15, -0.1) is 12.3 Å². The molecule has 1 aliphatic rings. The summed E-state index contributed by atoms with van der Waals surface area (Å²) in [5, 5.41) is 11.0. The molecule has 3 N–H and O–H groups in total. The van der Waals surface area contributed by atoms with Crippen LogP contribution in [0.3, 0.4) is 0 Å². The Morgan fingerprint density at radius 3 is 2.53 bits per heavy atom.